The summed E-state index contributed by atoms with van der Waals surface area (Å²) in [6.45, 7) is 6.63. The molecule has 226 valence electrons. The van der Waals surface area contributed by atoms with Crippen LogP contribution in [-0.2, 0) is 32.6 Å². The van der Waals surface area contributed by atoms with Gasteiger partial charge in [-0.15, -0.1) is 0 Å². The maximum absolute atomic E-state index is 13.9. The molecule has 3 rings (SSSR count). The number of ether oxygens (including phenoxy) is 1. The zero-order valence-electron chi connectivity index (χ0n) is 25.3. The van der Waals surface area contributed by atoms with Gasteiger partial charge in [0.25, 0.3) is 0 Å². The lowest BCUT2D eigenvalue weighted by molar-refractivity contribution is -0.141. The van der Waals surface area contributed by atoms with Crippen molar-refractivity contribution < 1.29 is 22.7 Å². The number of sulfonamides is 1. The summed E-state index contributed by atoms with van der Waals surface area (Å²) in [5.41, 5.74) is 4.17. The predicted molar refractivity (Wildman–Crippen MR) is 168 cm³/mol. The molecule has 3 aromatic carbocycles. The van der Waals surface area contributed by atoms with E-state index in [9.17, 15) is 18.0 Å². The van der Waals surface area contributed by atoms with Crippen LogP contribution in [0.5, 0.6) is 5.75 Å². The first-order valence-electron chi connectivity index (χ1n) is 14.3. The second kappa shape index (κ2) is 15.4. The lowest BCUT2D eigenvalue weighted by Crippen LogP contribution is -2.50. The number of rotatable bonds is 15. The SMILES string of the molecule is CCCNC(=O)[C@@H](Cc1ccccc1)N(Cc1cccc(OC)c1)C(=O)CCCN(c1cc(C)ccc1C)S(C)(=O)=O. The summed E-state index contributed by atoms with van der Waals surface area (Å²) in [7, 11) is -2.00. The van der Waals surface area contributed by atoms with E-state index in [4.69, 9.17) is 4.74 Å². The number of carbonyl (C=O) groups excluding carboxylic acids is 2. The molecule has 0 aromatic heterocycles. The van der Waals surface area contributed by atoms with Crippen molar-refractivity contribution in [3.05, 3.63) is 95.1 Å². The zero-order chi connectivity index (χ0) is 30.7. The van der Waals surface area contributed by atoms with E-state index in [1.807, 2.05) is 93.6 Å². The third-order valence-corrected chi connectivity index (χ3v) is 8.27. The average molecular weight is 594 g/mol. The van der Waals surface area contributed by atoms with Crippen molar-refractivity contribution in [1.29, 1.82) is 0 Å². The van der Waals surface area contributed by atoms with E-state index in [2.05, 4.69) is 5.32 Å². The van der Waals surface area contributed by atoms with Crippen LogP contribution in [0.25, 0.3) is 0 Å². The first-order valence-corrected chi connectivity index (χ1v) is 16.2. The Morgan fingerprint density at radius 1 is 0.952 bits per heavy atom. The lowest BCUT2D eigenvalue weighted by atomic mass is 10.0. The first-order chi connectivity index (χ1) is 20.0. The van der Waals surface area contributed by atoms with Gasteiger partial charge in [0.1, 0.15) is 11.8 Å². The van der Waals surface area contributed by atoms with E-state index in [0.717, 1.165) is 28.7 Å². The highest BCUT2D eigenvalue weighted by Crippen LogP contribution is 2.25. The number of anilines is 1. The van der Waals surface area contributed by atoms with Gasteiger partial charge in [0.05, 0.1) is 19.1 Å². The van der Waals surface area contributed by atoms with Gasteiger partial charge in [-0.05, 0) is 67.1 Å². The van der Waals surface area contributed by atoms with Crippen LogP contribution in [0, 0.1) is 13.8 Å². The molecule has 0 aliphatic rings. The third-order valence-electron chi connectivity index (χ3n) is 7.09. The second-order valence-electron chi connectivity index (χ2n) is 10.6. The van der Waals surface area contributed by atoms with Gasteiger partial charge in [-0.3, -0.25) is 13.9 Å². The molecule has 42 heavy (non-hydrogen) atoms. The minimum atomic E-state index is -3.58. The first kappa shape index (κ1) is 32.7. The van der Waals surface area contributed by atoms with E-state index in [1.54, 1.807) is 12.0 Å². The van der Waals surface area contributed by atoms with Crippen molar-refractivity contribution >= 4 is 27.5 Å². The highest BCUT2D eigenvalue weighted by molar-refractivity contribution is 7.92. The van der Waals surface area contributed by atoms with Crippen LogP contribution >= 0.6 is 0 Å². The standard InChI is InChI=1S/C33H43N3O5S/c1-6-19-34-33(38)31(23-27-12-8-7-9-13-27)35(24-28-14-10-15-29(22-28)41-4)32(37)16-11-20-36(42(5,39)40)30-21-25(2)17-18-26(30)3/h7-10,12-15,17-18,21-22,31H,6,11,16,19-20,23-24H2,1-5H3,(H,34,38)/t31-/m1/s1. The van der Waals surface area contributed by atoms with Crippen LogP contribution in [0.1, 0.15) is 48.4 Å². The number of nitrogens with one attached hydrogen (secondary N) is 1. The summed E-state index contributed by atoms with van der Waals surface area (Å²) in [6.07, 6.45) is 2.67. The quantitative estimate of drug-likeness (QED) is 0.267. The zero-order valence-corrected chi connectivity index (χ0v) is 26.1. The Labute approximate surface area is 250 Å². The van der Waals surface area contributed by atoms with Crippen molar-refractivity contribution in [1.82, 2.24) is 10.2 Å². The van der Waals surface area contributed by atoms with Gasteiger partial charge in [0.2, 0.25) is 21.8 Å². The molecule has 1 atom stereocenters. The van der Waals surface area contributed by atoms with Gasteiger partial charge in [0.15, 0.2) is 0 Å². The number of hydrogen-bond donors (Lipinski definition) is 1. The van der Waals surface area contributed by atoms with Gasteiger partial charge in [0, 0.05) is 32.5 Å². The molecule has 0 saturated carbocycles. The van der Waals surface area contributed by atoms with Crippen molar-refractivity contribution in [3.63, 3.8) is 0 Å². The molecule has 9 heteroatoms. The molecule has 0 saturated heterocycles. The highest BCUT2D eigenvalue weighted by Gasteiger charge is 2.30. The molecule has 0 aliphatic carbocycles. The fourth-order valence-corrected chi connectivity index (χ4v) is 5.87. The Hall–Kier alpha value is -3.85. The van der Waals surface area contributed by atoms with E-state index in [-0.39, 0.29) is 31.3 Å². The number of methoxy groups -OCH3 is 1. The summed E-state index contributed by atoms with van der Waals surface area (Å²) >= 11 is 0. The largest absolute Gasteiger partial charge is 0.497 e. The minimum absolute atomic E-state index is 0.0766. The van der Waals surface area contributed by atoms with Crippen LogP contribution in [0.2, 0.25) is 0 Å². The Morgan fingerprint density at radius 2 is 1.67 bits per heavy atom. The predicted octanol–water partition coefficient (Wildman–Crippen LogP) is 5.02. The molecule has 0 spiro atoms. The van der Waals surface area contributed by atoms with Crippen molar-refractivity contribution in [2.24, 2.45) is 0 Å². The van der Waals surface area contributed by atoms with Gasteiger partial charge in [-0.1, -0.05) is 61.5 Å². The highest BCUT2D eigenvalue weighted by atomic mass is 32.2. The molecule has 0 bridgehead atoms. The molecule has 3 aromatic rings. The van der Waals surface area contributed by atoms with Gasteiger partial charge in [-0.25, -0.2) is 8.42 Å². The number of aryl methyl sites for hydroxylation is 2. The topological polar surface area (TPSA) is 96.0 Å². The van der Waals surface area contributed by atoms with Crippen LogP contribution in [0.4, 0.5) is 5.69 Å². The summed E-state index contributed by atoms with van der Waals surface area (Å²) < 4.78 is 32.3. The molecule has 0 radical (unpaired) electrons. The Kier molecular flexibility index (Phi) is 12.0. The number of carbonyl (C=O) groups is 2. The van der Waals surface area contributed by atoms with Crippen LogP contribution in [-0.4, -0.2) is 57.6 Å². The molecule has 0 heterocycles. The fourth-order valence-electron chi connectivity index (χ4n) is 4.86. The maximum atomic E-state index is 13.9. The summed E-state index contributed by atoms with van der Waals surface area (Å²) in [5, 5.41) is 2.98. The van der Waals surface area contributed by atoms with Crippen molar-refractivity contribution in [2.75, 3.05) is 30.8 Å². The smallest absolute Gasteiger partial charge is 0.243 e. The monoisotopic (exact) mass is 593 g/mol. The third kappa shape index (κ3) is 9.34. The number of benzene rings is 3. The van der Waals surface area contributed by atoms with Gasteiger partial charge >= 0.3 is 0 Å². The summed E-state index contributed by atoms with van der Waals surface area (Å²) in [5.74, 6) is 0.220. The fraction of sp³-hybridized carbons (Fsp3) is 0.394. The minimum Gasteiger partial charge on any atom is -0.497 e. The van der Waals surface area contributed by atoms with Gasteiger partial charge in [-0.2, -0.15) is 0 Å². The van der Waals surface area contributed by atoms with E-state index >= 15 is 0 Å². The van der Waals surface area contributed by atoms with E-state index in [1.165, 1.54) is 10.6 Å². The van der Waals surface area contributed by atoms with Gasteiger partial charge < -0.3 is 15.0 Å². The second-order valence-corrected chi connectivity index (χ2v) is 12.5. The molecule has 8 nitrogen and oxygen atoms in total. The summed E-state index contributed by atoms with van der Waals surface area (Å²) in [6, 6.07) is 22.0. The molecule has 0 fully saturated rings. The molecule has 0 unspecified atom stereocenters. The van der Waals surface area contributed by atoms with Crippen molar-refractivity contribution in [3.8, 4) is 5.75 Å². The Balaban J connectivity index is 1.90. The van der Waals surface area contributed by atoms with Crippen LogP contribution in [0.15, 0.2) is 72.8 Å². The number of nitrogens with zero attached hydrogens (tertiary/aromatic N) is 2. The Morgan fingerprint density at radius 3 is 2.33 bits per heavy atom. The average Bonchev–Trinajstić information content (AvgIpc) is 2.97. The molecular formula is C33H43N3O5S. The van der Waals surface area contributed by atoms with E-state index in [0.29, 0.717) is 30.8 Å². The van der Waals surface area contributed by atoms with Crippen LogP contribution in [0.3, 0.4) is 0 Å². The van der Waals surface area contributed by atoms with Crippen LogP contribution < -0.4 is 14.4 Å². The molecule has 1 N–H and O–H groups in total. The molecular weight excluding hydrogens is 550 g/mol. The molecule has 2 amide bonds. The summed E-state index contributed by atoms with van der Waals surface area (Å²) in [4.78, 5) is 29.1. The number of amides is 2. The lowest BCUT2D eigenvalue weighted by Gasteiger charge is -2.32. The molecule has 0 aliphatic heterocycles. The van der Waals surface area contributed by atoms with E-state index < -0.39 is 16.1 Å². The van der Waals surface area contributed by atoms with Crippen molar-refractivity contribution in [2.45, 2.75) is 59.0 Å². The maximum Gasteiger partial charge on any atom is 0.243 e. The number of hydrogen-bond acceptors (Lipinski definition) is 5. The normalized spacial score (nSPS) is 11.9. The Bertz CT molecular complexity index is 1440.